The standard InChI is InChI=1S/C15H25NO3/c1-4-12(7-11(9-16)10-17)14-8-13(18-2)5-6-15(14)19-3/h5-6,8,11-12,17H,4,7,9-10,16H2,1-3H3. The van der Waals surface area contributed by atoms with E-state index in [0.717, 1.165) is 29.9 Å². The van der Waals surface area contributed by atoms with E-state index in [2.05, 4.69) is 6.92 Å². The first-order valence-corrected chi connectivity index (χ1v) is 6.72. The monoisotopic (exact) mass is 267 g/mol. The van der Waals surface area contributed by atoms with Gasteiger partial charge in [-0.25, -0.2) is 0 Å². The number of benzene rings is 1. The maximum absolute atomic E-state index is 9.31. The summed E-state index contributed by atoms with van der Waals surface area (Å²) in [5.41, 5.74) is 6.80. The summed E-state index contributed by atoms with van der Waals surface area (Å²) in [6, 6.07) is 5.83. The Bertz CT molecular complexity index is 378. The summed E-state index contributed by atoms with van der Waals surface area (Å²) in [7, 11) is 3.33. The van der Waals surface area contributed by atoms with Gasteiger partial charge in [0.2, 0.25) is 0 Å². The first kappa shape index (κ1) is 15.8. The molecule has 0 aromatic heterocycles. The van der Waals surface area contributed by atoms with Crippen molar-refractivity contribution in [2.24, 2.45) is 11.7 Å². The lowest BCUT2D eigenvalue weighted by atomic mass is 9.86. The van der Waals surface area contributed by atoms with Gasteiger partial charge in [-0.3, -0.25) is 0 Å². The van der Waals surface area contributed by atoms with Gasteiger partial charge < -0.3 is 20.3 Å². The van der Waals surface area contributed by atoms with E-state index >= 15 is 0 Å². The Balaban J connectivity index is 3.01. The quantitative estimate of drug-likeness (QED) is 0.757. The minimum atomic E-state index is 0.124. The van der Waals surface area contributed by atoms with E-state index in [1.54, 1.807) is 14.2 Å². The summed E-state index contributed by atoms with van der Waals surface area (Å²) in [5, 5.41) is 9.31. The van der Waals surface area contributed by atoms with Crippen LogP contribution in [0.3, 0.4) is 0 Å². The number of nitrogens with two attached hydrogens (primary N) is 1. The highest BCUT2D eigenvalue weighted by Crippen LogP contribution is 2.35. The van der Waals surface area contributed by atoms with E-state index in [-0.39, 0.29) is 12.5 Å². The van der Waals surface area contributed by atoms with Gasteiger partial charge in [-0.05, 0) is 49.4 Å². The number of hydrogen-bond donors (Lipinski definition) is 2. The van der Waals surface area contributed by atoms with Crippen LogP contribution in [0.25, 0.3) is 0 Å². The van der Waals surface area contributed by atoms with Gasteiger partial charge >= 0.3 is 0 Å². The largest absolute Gasteiger partial charge is 0.497 e. The number of hydrogen-bond acceptors (Lipinski definition) is 4. The van der Waals surface area contributed by atoms with E-state index < -0.39 is 0 Å². The fourth-order valence-electron chi connectivity index (χ4n) is 2.32. The highest BCUT2D eigenvalue weighted by molar-refractivity contribution is 5.42. The van der Waals surface area contributed by atoms with Gasteiger partial charge in [0, 0.05) is 12.2 Å². The van der Waals surface area contributed by atoms with Gasteiger partial charge in [0.05, 0.1) is 14.2 Å². The zero-order valence-electron chi connectivity index (χ0n) is 12.1. The third kappa shape index (κ3) is 4.11. The Labute approximate surface area is 115 Å². The van der Waals surface area contributed by atoms with Crippen molar-refractivity contribution >= 4 is 0 Å². The van der Waals surface area contributed by atoms with E-state index in [1.165, 1.54) is 0 Å². The fourth-order valence-corrected chi connectivity index (χ4v) is 2.32. The normalized spacial score (nSPS) is 13.9. The molecule has 2 unspecified atom stereocenters. The van der Waals surface area contributed by atoms with Crippen molar-refractivity contribution < 1.29 is 14.6 Å². The maximum atomic E-state index is 9.31. The molecule has 3 N–H and O–H groups in total. The van der Waals surface area contributed by atoms with E-state index in [4.69, 9.17) is 15.2 Å². The maximum Gasteiger partial charge on any atom is 0.122 e. The molecular formula is C15H25NO3. The molecule has 0 fully saturated rings. The molecule has 0 amide bonds. The topological polar surface area (TPSA) is 64.7 Å². The van der Waals surface area contributed by atoms with Gasteiger partial charge in [0.25, 0.3) is 0 Å². The predicted octanol–water partition coefficient (Wildman–Crippen LogP) is 2.15. The molecule has 0 radical (unpaired) electrons. The Kier molecular flexibility index (Phi) is 6.67. The molecular weight excluding hydrogens is 242 g/mol. The number of ether oxygens (including phenoxy) is 2. The van der Waals surface area contributed by atoms with Crippen LogP contribution in [0.1, 0.15) is 31.2 Å². The van der Waals surface area contributed by atoms with Crippen LogP contribution in [0.5, 0.6) is 11.5 Å². The third-order valence-corrected chi connectivity index (χ3v) is 3.58. The third-order valence-electron chi connectivity index (χ3n) is 3.58. The highest BCUT2D eigenvalue weighted by Gasteiger charge is 2.19. The van der Waals surface area contributed by atoms with Crippen LogP contribution < -0.4 is 15.2 Å². The van der Waals surface area contributed by atoms with Crippen LogP contribution in [0.2, 0.25) is 0 Å². The average molecular weight is 267 g/mol. The number of rotatable bonds is 8. The first-order chi connectivity index (χ1) is 9.19. The summed E-state index contributed by atoms with van der Waals surface area (Å²) in [5.74, 6) is 2.12. The smallest absolute Gasteiger partial charge is 0.122 e. The van der Waals surface area contributed by atoms with Crippen molar-refractivity contribution in [3.8, 4) is 11.5 Å². The first-order valence-electron chi connectivity index (χ1n) is 6.72. The number of aliphatic hydroxyl groups is 1. The second-order valence-corrected chi connectivity index (χ2v) is 4.73. The SMILES string of the molecule is CCC(CC(CN)CO)c1cc(OC)ccc1OC. The van der Waals surface area contributed by atoms with Crippen molar-refractivity contribution in [3.63, 3.8) is 0 Å². The Morgan fingerprint density at radius 1 is 1.26 bits per heavy atom. The van der Waals surface area contributed by atoms with Crippen LogP contribution in [-0.4, -0.2) is 32.5 Å². The van der Waals surface area contributed by atoms with Gasteiger partial charge in [0.15, 0.2) is 0 Å². The Morgan fingerprint density at radius 3 is 2.47 bits per heavy atom. The fraction of sp³-hybridized carbons (Fsp3) is 0.600. The van der Waals surface area contributed by atoms with Gasteiger partial charge in [0.1, 0.15) is 11.5 Å². The molecule has 0 bridgehead atoms. The molecule has 0 saturated carbocycles. The van der Waals surface area contributed by atoms with E-state index in [1.807, 2.05) is 18.2 Å². The van der Waals surface area contributed by atoms with Crippen molar-refractivity contribution in [2.75, 3.05) is 27.4 Å². The molecule has 0 heterocycles. The zero-order valence-corrected chi connectivity index (χ0v) is 12.1. The lowest BCUT2D eigenvalue weighted by molar-refractivity contribution is 0.214. The van der Waals surface area contributed by atoms with Crippen LogP contribution in [0.4, 0.5) is 0 Å². The van der Waals surface area contributed by atoms with Crippen molar-refractivity contribution in [2.45, 2.75) is 25.7 Å². The summed E-state index contributed by atoms with van der Waals surface area (Å²) >= 11 is 0. The summed E-state index contributed by atoms with van der Waals surface area (Å²) in [6.45, 7) is 2.76. The zero-order chi connectivity index (χ0) is 14.3. The van der Waals surface area contributed by atoms with Crippen LogP contribution in [0.15, 0.2) is 18.2 Å². The molecule has 4 nitrogen and oxygen atoms in total. The second-order valence-electron chi connectivity index (χ2n) is 4.73. The molecule has 0 spiro atoms. The lowest BCUT2D eigenvalue weighted by Gasteiger charge is -2.22. The lowest BCUT2D eigenvalue weighted by Crippen LogP contribution is -2.20. The van der Waals surface area contributed by atoms with E-state index in [9.17, 15) is 5.11 Å². The minimum Gasteiger partial charge on any atom is -0.497 e. The van der Waals surface area contributed by atoms with E-state index in [0.29, 0.717) is 12.5 Å². The molecule has 4 heteroatoms. The highest BCUT2D eigenvalue weighted by atomic mass is 16.5. The number of methoxy groups -OCH3 is 2. The minimum absolute atomic E-state index is 0.124. The Hall–Kier alpha value is -1.26. The summed E-state index contributed by atoms with van der Waals surface area (Å²) in [6.07, 6.45) is 1.83. The molecule has 1 rings (SSSR count). The van der Waals surface area contributed by atoms with Crippen LogP contribution >= 0.6 is 0 Å². The van der Waals surface area contributed by atoms with Gasteiger partial charge in [-0.1, -0.05) is 6.92 Å². The molecule has 2 atom stereocenters. The predicted molar refractivity (Wildman–Crippen MR) is 76.8 cm³/mol. The molecule has 1 aromatic carbocycles. The van der Waals surface area contributed by atoms with Crippen LogP contribution in [-0.2, 0) is 0 Å². The number of aliphatic hydroxyl groups excluding tert-OH is 1. The summed E-state index contributed by atoms with van der Waals surface area (Å²) in [4.78, 5) is 0. The van der Waals surface area contributed by atoms with Crippen molar-refractivity contribution in [3.05, 3.63) is 23.8 Å². The van der Waals surface area contributed by atoms with Crippen molar-refractivity contribution in [1.29, 1.82) is 0 Å². The average Bonchev–Trinajstić information content (AvgIpc) is 2.48. The molecule has 0 saturated heterocycles. The van der Waals surface area contributed by atoms with Gasteiger partial charge in [-0.2, -0.15) is 0 Å². The van der Waals surface area contributed by atoms with Crippen LogP contribution in [0, 0.1) is 5.92 Å². The molecule has 0 aliphatic heterocycles. The Morgan fingerprint density at radius 2 is 2.00 bits per heavy atom. The summed E-state index contributed by atoms with van der Waals surface area (Å²) < 4.78 is 10.7. The molecule has 19 heavy (non-hydrogen) atoms. The molecule has 0 aliphatic carbocycles. The second kappa shape index (κ2) is 8.02. The van der Waals surface area contributed by atoms with Crippen molar-refractivity contribution in [1.82, 2.24) is 0 Å². The molecule has 0 aliphatic rings. The van der Waals surface area contributed by atoms with Gasteiger partial charge in [-0.15, -0.1) is 0 Å². The molecule has 1 aromatic rings. The molecule has 108 valence electrons.